The maximum absolute atomic E-state index is 5.58. The molecule has 5 heteroatoms. The van der Waals surface area contributed by atoms with Crippen LogP contribution >= 0.6 is 0 Å². The molecule has 0 N–H and O–H groups in total. The lowest BCUT2D eigenvalue weighted by molar-refractivity contribution is -0.113. The molecular formula is C22H32BO3Si. The Kier molecular flexibility index (Phi) is 5.11. The quantitative estimate of drug-likeness (QED) is 0.435. The third-order valence-corrected chi connectivity index (χ3v) is 7.58. The van der Waals surface area contributed by atoms with E-state index < -0.39 is 7.12 Å². The van der Waals surface area contributed by atoms with Gasteiger partial charge in [0.25, 0.3) is 10.5 Å². The van der Waals surface area contributed by atoms with Gasteiger partial charge in [0.2, 0.25) is 0 Å². The number of benzene rings is 1. The summed E-state index contributed by atoms with van der Waals surface area (Å²) in [6.45, 7) is 9.30. The van der Waals surface area contributed by atoms with E-state index in [0.29, 0.717) is 5.41 Å². The number of rotatable bonds is 5. The molecular weight excluding hydrogens is 351 g/mol. The van der Waals surface area contributed by atoms with Crippen LogP contribution in [0.15, 0.2) is 12.1 Å². The van der Waals surface area contributed by atoms with E-state index in [1.165, 1.54) is 49.7 Å². The molecule has 27 heavy (non-hydrogen) atoms. The lowest BCUT2D eigenvalue weighted by Gasteiger charge is -2.58. The molecule has 1 aromatic carbocycles. The van der Waals surface area contributed by atoms with Crippen LogP contribution in [0.5, 0.6) is 0 Å². The largest absolute Gasteiger partial charge is 0.523 e. The van der Waals surface area contributed by atoms with E-state index in [4.69, 9.17) is 14.0 Å². The minimum atomic E-state index is -0.524. The van der Waals surface area contributed by atoms with E-state index in [1.54, 1.807) is 12.7 Å². The number of hydrogen-bond donors (Lipinski definition) is 0. The van der Waals surface area contributed by atoms with Gasteiger partial charge in [-0.1, -0.05) is 32.9 Å². The van der Waals surface area contributed by atoms with Crippen LogP contribution in [0.3, 0.4) is 0 Å². The van der Waals surface area contributed by atoms with Gasteiger partial charge in [-0.05, 0) is 96.2 Å². The molecule has 5 rings (SSSR count). The van der Waals surface area contributed by atoms with Gasteiger partial charge in [-0.25, -0.2) is 0 Å². The second kappa shape index (κ2) is 7.01. The summed E-state index contributed by atoms with van der Waals surface area (Å²) in [5, 5.41) is 0. The first-order valence-corrected chi connectivity index (χ1v) is 10.8. The monoisotopic (exact) mass is 383 g/mol. The van der Waals surface area contributed by atoms with E-state index >= 15 is 0 Å². The zero-order valence-corrected chi connectivity index (χ0v) is 18.4. The Bertz CT molecular complexity index is 677. The smallest absolute Gasteiger partial charge is 0.409 e. The Labute approximate surface area is 168 Å². The van der Waals surface area contributed by atoms with Crippen molar-refractivity contribution in [2.24, 2.45) is 17.8 Å². The fraction of sp³-hybridized carbons (Fsp3) is 0.727. The molecule has 1 aromatic rings. The molecule has 4 aliphatic rings. The Hall–Kier alpha value is -0.618. The second-order valence-electron chi connectivity index (χ2n) is 10.4. The van der Waals surface area contributed by atoms with E-state index in [1.807, 2.05) is 0 Å². The molecule has 0 spiro atoms. The van der Waals surface area contributed by atoms with E-state index in [9.17, 15) is 0 Å². The lowest BCUT2D eigenvalue weighted by atomic mass is 9.46. The minimum absolute atomic E-state index is 0.122. The van der Waals surface area contributed by atoms with Crippen molar-refractivity contribution in [2.75, 3.05) is 7.11 Å². The molecule has 3 nitrogen and oxygen atoms in total. The van der Waals surface area contributed by atoms with Gasteiger partial charge in [0, 0.05) is 7.11 Å². The van der Waals surface area contributed by atoms with Gasteiger partial charge in [-0.3, -0.25) is 4.81 Å². The van der Waals surface area contributed by atoms with Gasteiger partial charge >= 0.3 is 7.12 Å². The van der Waals surface area contributed by atoms with Crippen LogP contribution < -0.4 is 5.46 Å². The zero-order chi connectivity index (χ0) is 19.4. The van der Waals surface area contributed by atoms with Gasteiger partial charge in [0.05, 0.1) is 0 Å². The normalized spacial score (nSPS) is 32.1. The van der Waals surface area contributed by atoms with Crippen molar-refractivity contribution in [3.05, 3.63) is 28.8 Å². The van der Waals surface area contributed by atoms with Gasteiger partial charge in [0.1, 0.15) is 0 Å². The highest BCUT2D eigenvalue weighted by Gasteiger charge is 2.53. The molecule has 0 aromatic heterocycles. The van der Waals surface area contributed by atoms with Crippen molar-refractivity contribution in [2.45, 2.75) is 77.0 Å². The fourth-order valence-electron chi connectivity index (χ4n) is 6.97. The van der Waals surface area contributed by atoms with E-state index in [-0.39, 0.29) is 5.41 Å². The van der Waals surface area contributed by atoms with Crippen molar-refractivity contribution in [1.82, 2.24) is 0 Å². The summed E-state index contributed by atoms with van der Waals surface area (Å²) >= 11 is 0. The van der Waals surface area contributed by atoms with Crippen molar-refractivity contribution in [3.63, 3.8) is 0 Å². The molecule has 145 valence electrons. The Morgan fingerprint density at radius 2 is 1.59 bits per heavy atom. The van der Waals surface area contributed by atoms with Crippen LogP contribution in [-0.2, 0) is 24.9 Å². The Balaban J connectivity index is 1.87. The van der Waals surface area contributed by atoms with E-state index in [2.05, 4.69) is 50.3 Å². The first kappa shape index (κ1) is 19.7. The maximum Gasteiger partial charge on any atom is 0.523 e. The third kappa shape index (κ3) is 3.35. The van der Waals surface area contributed by atoms with Crippen LogP contribution in [-0.4, -0.2) is 24.7 Å². The van der Waals surface area contributed by atoms with E-state index in [0.717, 1.165) is 23.2 Å². The van der Waals surface area contributed by atoms with Gasteiger partial charge in [-0.15, -0.1) is 0 Å². The predicted molar refractivity (Wildman–Crippen MR) is 110 cm³/mol. The summed E-state index contributed by atoms with van der Waals surface area (Å²) in [5.74, 6) is 2.77. The lowest BCUT2D eigenvalue weighted by Crippen LogP contribution is -2.51. The fourth-order valence-corrected chi connectivity index (χ4v) is 7.06. The Morgan fingerprint density at radius 1 is 1.04 bits per heavy atom. The molecule has 0 saturated heterocycles. The topological polar surface area (TPSA) is 27.7 Å². The third-order valence-electron chi connectivity index (χ3n) is 7.49. The molecule has 0 heterocycles. The van der Waals surface area contributed by atoms with Crippen molar-refractivity contribution < 1.29 is 14.0 Å². The molecule has 4 aliphatic carbocycles. The average Bonchev–Trinajstić information content (AvgIpc) is 2.57. The molecule has 4 saturated carbocycles. The maximum atomic E-state index is 5.58. The summed E-state index contributed by atoms with van der Waals surface area (Å²) in [4.78, 5) is 5.35. The summed E-state index contributed by atoms with van der Waals surface area (Å²) in [7, 11) is 4.10. The number of hydrogen-bond acceptors (Lipinski definition) is 3. The summed E-state index contributed by atoms with van der Waals surface area (Å²) in [6.07, 6.45) is 8.47. The molecule has 0 atom stereocenters. The van der Waals surface area contributed by atoms with Crippen LogP contribution in [0, 0.1) is 24.7 Å². The zero-order valence-electron chi connectivity index (χ0n) is 17.4. The minimum Gasteiger partial charge on any atom is -0.409 e. The van der Waals surface area contributed by atoms with Gasteiger partial charge < -0.3 is 9.23 Å². The molecule has 3 radical (unpaired) electrons. The summed E-state index contributed by atoms with van der Waals surface area (Å²) < 4.78 is 10.4. The average molecular weight is 383 g/mol. The Morgan fingerprint density at radius 3 is 2.04 bits per heavy atom. The van der Waals surface area contributed by atoms with Crippen molar-refractivity contribution >= 4 is 23.1 Å². The van der Waals surface area contributed by atoms with Crippen LogP contribution in [0.1, 0.15) is 76.0 Å². The van der Waals surface area contributed by atoms with Crippen LogP contribution in [0.25, 0.3) is 0 Å². The van der Waals surface area contributed by atoms with Gasteiger partial charge in [-0.2, -0.15) is 0 Å². The second-order valence-corrected chi connectivity index (χ2v) is 10.6. The molecule has 4 fully saturated rings. The standard InChI is InChI=1S/C22H32BO3Si/c1-14-19(23(24-5)25-26-27)7-6-18(21(2,3)4)20(14)22-11-15-8-16(12-22)10-17(9-15)13-22/h6-7,15-17H,8-13H2,1-5H3. The first-order valence-electron chi connectivity index (χ1n) is 10.4. The van der Waals surface area contributed by atoms with Crippen LogP contribution in [0.4, 0.5) is 0 Å². The SMILES string of the molecule is COB(OO[Si])c1ccc(C(C)(C)C)c(C23CC4CC(CC(C4)C2)C3)c1C. The van der Waals surface area contributed by atoms with Gasteiger partial charge in [0.15, 0.2) is 0 Å². The summed E-state index contributed by atoms with van der Waals surface area (Å²) in [6, 6.07) is 4.48. The molecule has 0 amide bonds. The van der Waals surface area contributed by atoms with Crippen molar-refractivity contribution in [1.29, 1.82) is 0 Å². The highest BCUT2D eigenvalue weighted by molar-refractivity contribution is 6.61. The molecule has 4 bridgehead atoms. The predicted octanol–water partition coefficient (Wildman–Crippen LogP) is 4.13. The molecule has 0 unspecified atom stereocenters. The van der Waals surface area contributed by atoms with Crippen LogP contribution in [0.2, 0.25) is 0 Å². The molecule has 0 aliphatic heterocycles. The van der Waals surface area contributed by atoms with Crippen molar-refractivity contribution in [3.8, 4) is 0 Å². The highest BCUT2D eigenvalue weighted by atomic mass is 28.2. The summed E-state index contributed by atoms with van der Waals surface area (Å²) in [5.41, 5.74) is 5.96. The first-order chi connectivity index (χ1) is 12.8. The highest BCUT2D eigenvalue weighted by Crippen LogP contribution is 2.62.